The molecule has 0 saturated carbocycles. The lowest BCUT2D eigenvalue weighted by molar-refractivity contribution is -0.697. The molecule has 1 aromatic rings. The average molecular weight is 250 g/mol. The number of carboxylic acids is 1. The molecule has 0 atom stereocenters. The molecule has 0 aliphatic carbocycles. The van der Waals surface area contributed by atoms with Crippen molar-refractivity contribution in [3.8, 4) is 0 Å². The first kappa shape index (κ1) is 14.7. The number of rotatable bonds is 10. The number of hydrogen-bond acceptors (Lipinski definition) is 1. The SMILES string of the molecule is O=C(O)CCCCCCCCC[n+]1ccccc1. The number of aryl methyl sites for hydroxylation is 1. The summed E-state index contributed by atoms with van der Waals surface area (Å²) >= 11 is 0. The van der Waals surface area contributed by atoms with Crippen LogP contribution >= 0.6 is 0 Å². The molecule has 0 aromatic carbocycles. The molecule has 1 N–H and O–H groups in total. The molecule has 1 rings (SSSR count). The Hall–Kier alpha value is -1.38. The zero-order valence-electron chi connectivity index (χ0n) is 11.1. The molecule has 3 nitrogen and oxygen atoms in total. The highest BCUT2D eigenvalue weighted by molar-refractivity contribution is 5.66. The first-order valence-electron chi connectivity index (χ1n) is 6.95. The van der Waals surface area contributed by atoms with Crippen molar-refractivity contribution >= 4 is 5.97 Å². The molecule has 1 heterocycles. The predicted molar refractivity (Wildman–Crippen MR) is 71.2 cm³/mol. The Bertz CT molecular complexity index is 325. The smallest absolute Gasteiger partial charge is 0.303 e. The largest absolute Gasteiger partial charge is 0.481 e. The van der Waals surface area contributed by atoms with Gasteiger partial charge in [0.15, 0.2) is 12.4 Å². The number of aromatic nitrogens is 1. The summed E-state index contributed by atoms with van der Waals surface area (Å²) in [5.74, 6) is -0.671. The van der Waals surface area contributed by atoms with Crippen molar-refractivity contribution in [2.75, 3.05) is 0 Å². The number of nitrogens with zero attached hydrogens (tertiary/aromatic N) is 1. The molecule has 3 heteroatoms. The molecule has 0 radical (unpaired) electrons. The minimum absolute atomic E-state index is 0.324. The Kier molecular flexibility index (Phi) is 7.85. The Morgan fingerprint density at radius 2 is 1.39 bits per heavy atom. The summed E-state index contributed by atoms with van der Waals surface area (Å²) < 4.78 is 2.22. The maximum absolute atomic E-state index is 10.3. The molecular formula is C15H24NO2+. The Morgan fingerprint density at radius 1 is 0.833 bits per heavy atom. The average Bonchev–Trinajstić information content (AvgIpc) is 2.37. The van der Waals surface area contributed by atoms with Gasteiger partial charge in [-0.1, -0.05) is 31.7 Å². The van der Waals surface area contributed by atoms with Crippen LogP contribution in [-0.2, 0) is 11.3 Å². The lowest BCUT2D eigenvalue weighted by Crippen LogP contribution is -2.32. The molecule has 0 aliphatic rings. The fourth-order valence-corrected chi connectivity index (χ4v) is 2.04. The second-order valence-corrected chi connectivity index (χ2v) is 4.73. The molecule has 0 amide bonds. The Morgan fingerprint density at radius 3 is 2.00 bits per heavy atom. The van der Waals surface area contributed by atoms with E-state index in [9.17, 15) is 4.79 Å². The summed E-state index contributed by atoms with van der Waals surface area (Å²) in [4.78, 5) is 10.3. The third kappa shape index (κ3) is 7.82. The lowest BCUT2D eigenvalue weighted by atomic mass is 10.1. The summed E-state index contributed by atoms with van der Waals surface area (Å²) in [5, 5.41) is 8.49. The van der Waals surface area contributed by atoms with Gasteiger partial charge in [-0.15, -0.1) is 0 Å². The van der Waals surface area contributed by atoms with Crippen LogP contribution in [0.3, 0.4) is 0 Å². The maximum Gasteiger partial charge on any atom is 0.303 e. The van der Waals surface area contributed by atoms with Crippen LogP contribution in [0.2, 0.25) is 0 Å². The van der Waals surface area contributed by atoms with Gasteiger partial charge in [0.05, 0.1) is 0 Å². The molecule has 0 aliphatic heterocycles. The lowest BCUT2D eigenvalue weighted by Gasteiger charge is -2.00. The number of pyridine rings is 1. The molecule has 100 valence electrons. The number of carbonyl (C=O) groups is 1. The minimum Gasteiger partial charge on any atom is -0.481 e. The van der Waals surface area contributed by atoms with E-state index in [0.717, 1.165) is 19.4 Å². The van der Waals surface area contributed by atoms with Crippen molar-refractivity contribution in [2.45, 2.75) is 57.9 Å². The first-order valence-corrected chi connectivity index (χ1v) is 6.95. The van der Waals surface area contributed by atoms with Gasteiger partial charge in [-0.3, -0.25) is 4.79 Å². The zero-order valence-corrected chi connectivity index (χ0v) is 11.1. The number of aliphatic carboxylic acids is 1. The Labute approximate surface area is 109 Å². The van der Waals surface area contributed by atoms with Crippen LogP contribution in [0.5, 0.6) is 0 Å². The van der Waals surface area contributed by atoms with Gasteiger partial charge in [0, 0.05) is 25.0 Å². The summed E-state index contributed by atoms with van der Waals surface area (Å²) in [7, 11) is 0. The van der Waals surface area contributed by atoms with Crippen LogP contribution in [-0.4, -0.2) is 11.1 Å². The standard InChI is InChI=1S/C15H23NO2/c17-15(18)11-7-4-2-1-3-5-8-12-16-13-9-6-10-14-16/h6,9-10,13-14H,1-5,7-8,11-12H2/p+1. The van der Waals surface area contributed by atoms with E-state index < -0.39 is 5.97 Å². The molecular weight excluding hydrogens is 226 g/mol. The van der Waals surface area contributed by atoms with E-state index in [1.165, 1.54) is 32.1 Å². The van der Waals surface area contributed by atoms with Crippen molar-refractivity contribution in [3.63, 3.8) is 0 Å². The van der Waals surface area contributed by atoms with Gasteiger partial charge < -0.3 is 5.11 Å². The Balaban J connectivity index is 1.86. The molecule has 18 heavy (non-hydrogen) atoms. The van der Waals surface area contributed by atoms with Crippen molar-refractivity contribution in [1.29, 1.82) is 0 Å². The second-order valence-electron chi connectivity index (χ2n) is 4.73. The van der Waals surface area contributed by atoms with Crippen LogP contribution in [0.4, 0.5) is 0 Å². The highest BCUT2D eigenvalue weighted by Crippen LogP contribution is 2.08. The van der Waals surface area contributed by atoms with Gasteiger partial charge in [0.2, 0.25) is 0 Å². The molecule has 0 fully saturated rings. The van der Waals surface area contributed by atoms with Crippen LogP contribution < -0.4 is 4.57 Å². The van der Waals surface area contributed by atoms with E-state index in [4.69, 9.17) is 5.11 Å². The van der Waals surface area contributed by atoms with E-state index in [1.54, 1.807) is 0 Å². The normalized spacial score (nSPS) is 10.4. The quantitative estimate of drug-likeness (QED) is 0.512. The third-order valence-corrected chi connectivity index (χ3v) is 3.08. The molecule has 1 aromatic heterocycles. The topological polar surface area (TPSA) is 41.2 Å². The highest BCUT2D eigenvalue weighted by atomic mass is 16.4. The highest BCUT2D eigenvalue weighted by Gasteiger charge is 1.99. The van der Waals surface area contributed by atoms with Crippen LogP contribution in [0.15, 0.2) is 30.6 Å². The van der Waals surface area contributed by atoms with E-state index in [2.05, 4.69) is 29.1 Å². The predicted octanol–water partition coefficient (Wildman–Crippen LogP) is 3.18. The van der Waals surface area contributed by atoms with Gasteiger partial charge in [0.25, 0.3) is 0 Å². The van der Waals surface area contributed by atoms with Gasteiger partial charge >= 0.3 is 5.97 Å². The third-order valence-electron chi connectivity index (χ3n) is 3.08. The van der Waals surface area contributed by atoms with Crippen molar-refractivity contribution in [2.24, 2.45) is 0 Å². The monoisotopic (exact) mass is 250 g/mol. The molecule has 0 saturated heterocycles. The number of hydrogen-bond donors (Lipinski definition) is 1. The van der Waals surface area contributed by atoms with E-state index >= 15 is 0 Å². The first-order chi connectivity index (χ1) is 8.79. The van der Waals surface area contributed by atoms with Gasteiger partial charge in [0.1, 0.15) is 6.54 Å². The van der Waals surface area contributed by atoms with Crippen molar-refractivity contribution in [3.05, 3.63) is 30.6 Å². The zero-order chi connectivity index (χ0) is 13.1. The van der Waals surface area contributed by atoms with E-state index in [0.29, 0.717) is 6.42 Å². The summed E-state index contributed by atoms with van der Waals surface area (Å²) in [6, 6.07) is 6.15. The molecule has 0 bridgehead atoms. The number of unbranched alkanes of at least 4 members (excludes halogenated alkanes) is 6. The fraction of sp³-hybridized carbons (Fsp3) is 0.600. The van der Waals surface area contributed by atoms with Crippen LogP contribution in [0.25, 0.3) is 0 Å². The van der Waals surface area contributed by atoms with Gasteiger partial charge in [-0.05, 0) is 12.8 Å². The van der Waals surface area contributed by atoms with Crippen LogP contribution in [0, 0.1) is 0 Å². The van der Waals surface area contributed by atoms with Gasteiger partial charge in [-0.2, -0.15) is 0 Å². The van der Waals surface area contributed by atoms with Gasteiger partial charge in [-0.25, -0.2) is 4.57 Å². The van der Waals surface area contributed by atoms with Crippen LogP contribution in [0.1, 0.15) is 51.4 Å². The maximum atomic E-state index is 10.3. The van der Waals surface area contributed by atoms with Crippen molar-refractivity contribution in [1.82, 2.24) is 0 Å². The second kappa shape index (κ2) is 9.63. The summed E-state index contributed by atoms with van der Waals surface area (Å²) in [6.45, 7) is 1.10. The molecule has 0 spiro atoms. The molecule has 0 unspecified atom stereocenters. The summed E-state index contributed by atoms with van der Waals surface area (Å²) in [5.41, 5.74) is 0. The minimum atomic E-state index is -0.671. The van der Waals surface area contributed by atoms with Crippen molar-refractivity contribution < 1.29 is 14.5 Å². The van der Waals surface area contributed by atoms with E-state index in [1.807, 2.05) is 6.07 Å². The number of carboxylic acid groups (broad SMARTS) is 1. The van der Waals surface area contributed by atoms with E-state index in [-0.39, 0.29) is 0 Å². The fourth-order valence-electron chi connectivity index (χ4n) is 2.04. The summed E-state index contributed by atoms with van der Waals surface area (Å²) in [6.07, 6.45) is 12.6.